The van der Waals surface area contributed by atoms with E-state index in [4.69, 9.17) is 4.89 Å². The molecule has 0 aliphatic rings. The Hall–Kier alpha value is -0.0700. The van der Waals surface area contributed by atoms with Gasteiger partial charge in [-0.2, -0.15) is 0 Å². The maximum atomic E-state index is 11.1. The zero-order valence-electron chi connectivity index (χ0n) is 7.34. The topological polar surface area (TPSA) is 37.3 Å². The van der Waals surface area contributed by atoms with E-state index >= 15 is 0 Å². The summed E-state index contributed by atoms with van der Waals surface area (Å²) in [5.74, 6) is 0. The second-order valence-corrected chi connectivity index (χ2v) is 5.72. The molecule has 0 spiro atoms. The van der Waals surface area contributed by atoms with Crippen LogP contribution in [0.3, 0.4) is 0 Å². The summed E-state index contributed by atoms with van der Waals surface area (Å²) in [5.41, 5.74) is 1.08. The van der Waals surface area contributed by atoms with Crippen molar-refractivity contribution in [3.63, 3.8) is 0 Å². The Morgan fingerprint density at radius 3 is 2.55 bits per heavy atom. The Kier molecular flexibility index (Phi) is 4.71. The Labute approximate surface area is 68.8 Å². The number of allylic oxidation sites excluding steroid dienone is 1. The Bertz CT molecular complexity index is 175. The molecule has 3 heteroatoms. The van der Waals surface area contributed by atoms with Crippen molar-refractivity contribution >= 4 is 7.37 Å². The van der Waals surface area contributed by atoms with E-state index in [-0.39, 0.29) is 0 Å². The first kappa shape index (κ1) is 10.9. The van der Waals surface area contributed by atoms with Crippen molar-refractivity contribution in [1.82, 2.24) is 0 Å². The molecule has 2 nitrogen and oxygen atoms in total. The second-order valence-electron chi connectivity index (χ2n) is 2.95. The molecule has 11 heavy (non-hydrogen) atoms. The molecular weight excluding hydrogens is 159 g/mol. The molecule has 0 heterocycles. The summed E-state index contributed by atoms with van der Waals surface area (Å²) in [6, 6.07) is 0. The van der Waals surface area contributed by atoms with Crippen LogP contribution in [0.2, 0.25) is 0 Å². The van der Waals surface area contributed by atoms with E-state index in [1.807, 2.05) is 6.92 Å². The Morgan fingerprint density at radius 1 is 1.64 bits per heavy atom. The normalized spacial score (nSPS) is 15.9. The minimum Gasteiger partial charge on any atom is -0.344 e. The molecule has 0 aromatic rings. The van der Waals surface area contributed by atoms with E-state index in [1.54, 1.807) is 6.92 Å². The van der Waals surface area contributed by atoms with Gasteiger partial charge in [0.05, 0.1) is 0 Å². The standard InChI is InChI=1S/C8H17O2P/c1-4-11(9,10)7-5-6-8(2)3/h2,4-7H2,1,3H3,(H,9,10). The van der Waals surface area contributed by atoms with Crippen molar-refractivity contribution in [2.24, 2.45) is 0 Å². The zero-order chi connectivity index (χ0) is 8.91. The highest BCUT2D eigenvalue weighted by Gasteiger charge is 2.13. The predicted octanol–water partition coefficient (Wildman–Crippen LogP) is 2.63. The van der Waals surface area contributed by atoms with Crippen LogP contribution in [0.15, 0.2) is 12.2 Å². The van der Waals surface area contributed by atoms with Crippen LogP contribution < -0.4 is 0 Å². The monoisotopic (exact) mass is 176 g/mol. The minimum atomic E-state index is -2.77. The first-order chi connectivity index (χ1) is 4.98. The quantitative estimate of drug-likeness (QED) is 0.516. The molecule has 66 valence electrons. The van der Waals surface area contributed by atoms with Crippen LogP contribution in [-0.4, -0.2) is 17.2 Å². The summed E-state index contributed by atoms with van der Waals surface area (Å²) in [7, 11) is -2.77. The molecule has 1 unspecified atom stereocenters. The zero-order valence-corrected chi connectivity index (χ0v) is 8.23. The highest BCUT2D eigenvalue weighted by molar-refractivity contribution is 7.57. The van der Waals surface area contributed by atoms with Gasteiger partial charge in [0.2, 0.25) is 0 Å². The molecule has 0 saturated carbocycles. The molecular formula is C8H17O2P. The lowest BCUT2D eigenvalue weighted by atomic mass is 10.2. The molecule has 0 bridgehead atoms. The van der Waals surface area contributed by atoms with Crippen LogP contribution in [0, 0.1) is 0 Å². The second kappa shape index (κ2) is 4.74. The highest BCUT2D eigenvalue weighted by Crippen LogP contribution is 2.40. The number of rotatable bonds is 5. The molecule has 1 N–H and O–H groups in total. The minimum absolute atomic E-state index is 0.392. The molecule has 0 rings (SSSR count). The lowest BCUT2D eigenvalue weighted by molar-refractivity contribution is 0.477. The summed E-state index contributed by atoms with van der Waals surface area (Å²) in [5, 5.41) is 0. The maximum absolute atomic E-state index is 11.1. The lowest BCUT2D eigenvalue weighted by Crippen LogP contribution is -1.91. The van der Waals surface area contributed by atoms with Crippen molar-refractivity contribution in [3.8, 4) is 0 Å². The Morgan fingerprint density at radius 2 is 2.18 bits per heavy atom. The van der Waals surface area contributed by atoms with E-state index in [1.165, 1.54) is 0 Å². The third-order valence-corrected chi connectivity index (χ3v) is 3.61. The van der Waals surface area contributed by atoms with Gasteiger partial charge in [0.1, 0.15) is 0 Å². The van der Waals surface area contributed by atoms with Crippen LogP contribution in [0.4, 0.5) is 0 Å². The fourth-order valence-corrected chi connectivity index (χ4v) is 1.75. The van der Waals surface area contributed by atoms with Crippen LogP contribution in [0.1, 0.15) is 26.7 Å². The van der Waals surface area contributed by atoms with E-state index < -0.39 is 7.37 Å². The van der Waals surface area contributed by atoms with Gasteiger partial charge in [0.25, 0.3) is 0 Å². The third kappa shape index (κ3) is 6.33. The van der Waals surface area contributed by atoms with Crippen molar-refractivity contribution in [3.05, 3.63) is 12.2 Å². The average Bonchev–Trinajstić information content (AvgIpc) is 1.87. The summed E-state index contributed by atoms with van der Waals surface area (Å²) in [6.45, 7) is 7.42. The average molecular weight is 176 g/mol. The SMILES string of the molecule is C=C(C)CCCP(=O)(O)CC. The molecule has 0 aliphatic carbocycles. The van der Waals surface area contributed by atoms with E-state index in [2.05, 4.69) is 6.58 Å². The summed E-state index contributed by atoms with van der Waals surface area (Å²) >= 11 is 0. The predicted molar refractivity (Wildman–Crippen MR) is 49.3 cm³/mol. The molecule has 1 atom stereocenters. The summed E-state index contributed by atoms with van der Waals surface area (Å²) in [4.78, 5) is 9.16. The molecule has 0 aromatic carbocycles. The largest absolute Gasteiger partial charge is 0.344 e. The van der Waals surface area contributed by atoms with Gasteiger partial charge < -0.3 is 4.89 Å². The van der Waals surface area contributed by atoms with Gasteiger partial charge in [-0.3, -0.25) is 4.57 Å². The first-order valence-electron chi connectivity index (χ1n) is 3.93. The van der Waals surface area contributed by atoms with Gasteiger partial charge in [-0.1, -0.05) is 12.5 Å². The molecule has 0 aromatic heterocycles. The summed E-state index contributed by atoms with van der Waals surface area (Å²) < 4.78 is 11.1. The van der Waals surface area contributed by atoms with Crippen molar-refractivity contribution < 1.29 is 9.46 Å². The van der Waals surface area contributed by atoms with Crippen LogP contribution in [0.25, 0.3) is 0 Å². The van der Waals surface area contributed by atoms with Gasteiger partial charge in [0, 0.05) is 12.3 Å². The third-order valence-electron chi connectivity index (χ3n) is 1.61. The van der Waals surface area contributed by atoms with Crippen molar-refractivity contribution in [2.45, 2.75) is 26.7 Å². The smallest absolute Gasteiger partial charge is 0.200 e. The van der Waals surface area contributed by atoms with Crippen molar-refractivity contribution in [1.29, 1.82) is 0 Å². The van der Waals surface area contributed by atoms with Crippen LogP contribution >= 0.6 is 7.37 Å². The maximum Gasteiger partial charge on any atom is 0.200 e. The van der Waals surface area contributed by atoms with Crippen LogP contribution in [0.5, 0.6) is 0 Å². The molecule has 0 radical (unpaired) electrons. The number of hydrogen-bond donors (Lipinski definition) is 1. The summed E-state index contributed by atoms with van der Waals surface area (Å²) in [6.07, 6.45) is 2.49. The highest BCUT2D eigenvalue weighted by atomic mass is 31.2. The fraction of sp³-hybridized carbons (Fsp3) is 0.750. The van der Waals surface area contributed by atoms with Gasteiger partial charge in [-0.25, -0.2) is 0 Å². The first-order valence-corrected chi connectivity index (χ1v) is 5.96. The molecule has 0 amide bonds. The van der Waals surface area contributed by atoms with Gasteiger partial charge in [-0.15, -0.1) is 6.58 Å². The molecule has 0 fully saturated rings. The Balaban J connectivity index is 3.54. The van der Waals surface area contributed by atoms with Gasteiger partial charge in [0.15, 0.2) is 7.37 Å². The van der Waals surface area contributed by atoms with Gasteiger partial charge >= 0.3 is 0 Å². The molecule has 0 saturated heterocycles. The van der Waals surface area contributed by atoms with E-state index in [0.717, 1.165) is 18.4 Å². The van der Waals surface area contributed by atoms with Crippen molar-refractivity contribution in [2.75, 3.05) is 12.3 Å². The van der Waals surface area contributed by atoms with E-state index in [0.29, 0.717) is 12.3 Å². The van der Waals surface area contributed by atoms with Crippen LogP contribution in [-0.2, 0) is 4.57 Å². The molecule has 0 aliphatic heterocycles. The number of hydrogen-bond acceptors (Lipinski definition) is 1. The lowest BCUT2D eigenvalue weighted by Gasteiger charge is -2.07. The fourth-order valence-electron chi connectivity index (χ4n) is 0.786. The van der Waals surface area contributed by atoms with E-state index in [9.17, 15) is 4.57 Å². The van der Waals surface area contributed by atoms with Gasteiger partial charge in [-0.05, 0) is 19.8 Å².